The molecule has 0 aliphatic heterocycles. The zero-order chi connectivity index (χ0) is 10.4. The van der Waals surface area contributed by atoms with Gasteiger partial charge in [0, 0.05) is 9.85 Å². The fourth-order valence-electron chi connectivity index (χ4n) is 1.18. The minimum absolute atomic E-state index is 0.281. The van der Waals surface area contributed by atoms with Gasteiger partial charge in [0.05, 0.1) is 6.07 Å². The van der Waals surface area contributed by atoms with Crippen LogP contribution < -0.4 is 0 Å². The second kappa shape index (κ2) is 3.05. The summed E-state index contributed by atoms with van der Waals surface area (Å²) in [4.78, 5) is 0. The van der Waals surface area contributed by atoms with Crippen molar-refractivity contribution in [3.8, 4) is 6.07 Å². The molecule has 1 saturated carbocycles. The van der Waals surface area contributed by atoms with Crippen LogP contribution in [0.3, 0.4) is 0 Å². The molecule has 0 saturated heterocycles. The Bertz CT molecular complexity index is 508. The summed E-state index contributed by atoms with van der Waals surface area (Å²) in [5, 5.41) is 10.5. The predicted octanol–water partition coefficient (Wildman–Crippen LogP) is 2.34. The van der Waals surface area contributed by atoms with E-state index in [1.165, 1.54) is 0 Å². The van der Waals surface area contributed by atoms with Crippen LogP contribution in [0.2, 0.25) is 0 Å². The standard InChI is InChI=1S/C8H6BrNO2S2/c9-6-3-7(13-4-6)14(11,12)8(5-10)1-2-8/h3-4H,1-2H2. The fourth-order valence-corrected chi connectivity index (χ4v) is 5.04. The Morgan fingerprint density at radius 1 is 1.57 bits per heavy atom. The van der Waals surface area contributed by atoms with Gasteiger partial charge in [-0.15, -0.1) is 11.3 Å². The lowest BCUT2D eigenvalue weighted by atomic mass is 10.5. The molecule has 0 radical (unpaired) electrons. The highest BCUT2D eigenvalue weighted by molar-refractivity contribution is 9.10. The van der Waals surface area contributed by atoms with E-state index < -0.39 is 14.6 Å². The van der Waals surface area contributed by atoms with Gasteiger partial charge in [0.1, 0.15) is 4.21 Å². The molecule has 0 N–H and O–H groups in total. The SMILES string of the molecule is N#CC1(S(=O)(=O)c2cc(Br)cs2)CC1. The summed E-state index contributed by atoms with van der Waals surface area (Å²) in [7, 11) is -3.43. The summed E-state index contributed by atoms with van der Waals surface area (Å²) < 4.78 is 23.8. The number of hydrogen-bond acceptors (Lipinski definition) is 4. The molecular weight excluding hydrogens is 286 g/mol. The average molecular weight is 292 g/mol. The normalized spacial score (nSPS) is 18.9. The number of hydrogen-bond donors (Lipinski definition) is 0. The summed E-state index contributed by atoms with van der Waals surface area (Å²) in [6.07, 6.45) is 0.919. The van der Waals surface area contributed by atoms with Crippen molar-refractivity contribution in [3.05, 3.63) is 15.9 Å². The van der Waals surface area contributed by atoms with Crippen LogP contribution >= 0.6 is 27.3 Å². The van der Waals surface area contributed by atoms with E-state index >= 15 is 0 Å². The van der Waals surface area contributed by atoms with Gasteiger partial charge in [-0.3, -0.25) is 0 Å². The van der Waals surface area contributed by atoms with Crippen LogP contribution in [0, 0.1) is 11.3 Å². The van der Waals surface area contributed by atoms with Crippen molar-refractivity contribution in [1.82, 2.24) is 0 Å². The third kappa shape index (κ3) is 1.31. The lowest BCUT2D eigenvalue weighted by Crippen LogP contribution is -2.20. The number of sulfone groups is 1. The molecule has 14 heavy (non-hydrogen) atoms. The molecule has 0 amide bonds. The van der Waals surface area contributed by atoms with E-state index in [1.54, 1.807) is 11.4 Å². The van der Waals surface area contributed by atoms with E-state index in [0.29, 0.717) is 12.8 Å². The maximum absolute atomic E-state index is 11.9. The van der Waals surface area contributed by atoms with Gasteiger partial charge >= 0.3 is 0 Å². The van der Waals surface area contributed by atoms with Crippen LogP contribution in [-0.4, -0.2) is 13.2 Å². The molecule has 0 unspecified atom stereocenters. The fraction of sp³-hybridized carbons (Fsp3) is 0.375. The molecule has 3 nitrogen and oxygen atoms in total. The molecule has 1 aliphatic rings. The topological polar surface area (TPSA) is 57.9 Å². The van der Waals surface area contributed by atoms with E-state index in [-0.39, 0.29) is 4.21 Å². The molecule has 1 aromatic rings. The first-order chi connectivity index (χ1) is 6.52. The highest BCUT2D eigenvalue weighted by Crippen LogP contribution is 2.47. The summed E-state index contributed by atoms with van der Waals surface area (Å²) in [6.45, 7) is 0. The van der Waals surface area contributed by atoms with Crippen molar-refractivity contribution in [1.29, 1.82) is 5.26 Å². The molecule has 1 heterocycles. The first-order valence-electron chi connectivity index (χ1n) is 3.92. The Labute approximate surface area is 94.4 Å². The summed E-state index contributed by atoms with van der Waals surface area (Å²) in [5.41, 5.74) is 0. The second-order valence-corrected chi connectivity index (χ2v) is 7.51. The smallest absolute Gasteiger partial charge is 0.206 e. The first-order valence-corrected chi connectivity index (χ1v) is 7.07. The zero-order valence-corrected chi connectivity index (χ0v) is 10.2. The Morgan fingerprint density at radius 3 is 2.57 bits per heavy atom. The summed E-state index contributed by atoms with van der Waals surface area (Å²) in [5.74, 6) is 0. The van der Waals surface area contributed by atoms with Crippen molar-refractivity contribution >= 4 is 37.1 Å². The van der Waals surface area contributed by atoms with Gasteiger partial charge in [-0.05, 0) is 34.8 Å². The van der Waals surface area contributed by atoms with Gasteiger partial charge in [0.15, 0.2) is 4.75 Å². The predicted molar refractivity (Wildman–Crippen MR) is 56.8 cm³/mol. The zero-order valence-electron chi connectivity index (χ0n) is 7.03. The minimum atomic E-state index is -3.43. The van der Waals surface area contributed by atoms with Crippen LogP contribution in [0.1, 0.15) is 12.8 Å². The number of nitrogens with zero attached hydrogens (tertiary/aromatic N) is 1. The third-order valence-electron chi connectivity index (χ3n) is 2.23. The van der Waals surface area contributed by atoms with Crippen molar-refractivity contribution < 1.29 is 8.42 Å². The molecule has 74 valence electrons. The number of halogens is 1. The second-order valence-electron chi connectivity index (χ2n) is 3.19. The van der Waals surface area contributed by atoms with E-state index in [0.717, 1.165) is 15.8 Å². The summed E-state index contributed by atoms with van der Waals surface area (Å²) in [6, 6.07) is 3.46. The van der Waals surface area contributed by atoms with Gasteiger partial charge in [0.2, 0.25) is 9.84 Å². The molecule has 0 aromatic carbocycles. The van der Waals surface area contributed by atoms with Crippen LogP contribution in [-0.2, 0) is 9.84 Å². The summed E-state index contributed by atoms with van der Waals surface area (Å²) >= 11 is 4.35. The van der Waals surface area contributed by atoms with E-state index in [4.69, 9.17) is 5.26 Å². The first kappa shape index (κ1) is 10.1. The Balaban J connectivity index is 2.50. The number of rotatable bonds is 2. The largest absolute Gasteiger partial charge is 0.221 e. The molecular formula is C8H6BrNO2S2. The van der Waals surface area contributed by atoms with Crippen molar-refractivity contribution in [2.75, 3.05) is 0 Å². The molecule has 0 atom stereocenters. The Hall–Kier alpha value is -0.380. The van der Waals surface area contributed by atoms with Crippen LogP contribution in [0.5, 0.6) is 0 Å². The van der Waals surface area contributed by atoms with Crippen LogP contribution in [0.4, 0.5) is 0 Å². The highest BCUT2D eigenvalue weighted by Gasteiger charge is 2.56. The number of nitriles is 1. The van der Waals surface area contributed by atoms with Crippen molar-refractivity contribution in [3.63, 3.8) is 0 Å². The van der Waals surface area contributed by atoms with Gasteiger partial charge < -0.3 is 0 Å². The minimum Gasteiger partial charge on any atom is -0.221 e. The van der Waals surface area contributed by atoms with Gasteiger partial charge in [-0.1, -0.05) is 0 Å². The average Bonchev–Trinajstić information content (AvgIpc) is 2.84. The number of thiophene rings is 1. The van der Waals surface area contributed by atoms with E-state index in [2.05, 4.69) is 15.9 Å². The van der Waals surface area contributed by atoms with E-state index in [1.807, 2.05) is 6.07 Å². The van der Waals surface area contributed by atoms with Gasteiger partial charge in [0.25, 0.3) is 0 Å². The van der Waals surface area contributed by atoms with Crippen molar-refractivity contribution in [2.45, 2.75) is 21.8 Å². The molecule has 1 fully saturated rings. The van der Waals surface area contributed by atoms with Crippen LogP contribution in [0.15, 0.2) is 20.1 Å². The third-order valence-corrected chi connectivity index (χ3v) is 6.84. The highest BCUT2D eigenvalue weighted by atomic mass is 79.9. The molecule has 6 heteroatoms. The monoisotopic (exact) mass is 291 g/mol. The molecule has 0 bridgehead atoms. The van der Waals surface area contributed by atoms with Gasteiger partial charge in [-0.2, -0.15) is 5.26 Å². The van der Waals surface area contributed by atoms with Crippen molar-refractivity contribution in [2.24, 2.45) is 0 Å². The lowest BCUT2D eigenvalue weighted by molar-refractivity contribution is 0.590. The molecule has 2 rings (SSSR count). The molecule has 1 aliphatic carbocycles. The Morgan fingerprint density at radius 2 is 2.21 bits per heavy atom. The van der Waals surface area contributed by atoms with E-state index in [9.17, 15) is 8.42 Å². The quantitative estimate of drug-likeness (QED) is 0.840. The molecule has 0 spiro atoms. The Kier molecular flexibility index (Phi) is 2.21. The maximum atomic E-state index is 11.9. The van der Waals surface area contributed by atoms with Gasteiger partial charge in [-0.25, -0.2) is 8.42 Å². The van der Waals surface area contributed by atoms with Crippen LogP contribution in [0.25, 0.3) is 0 Å². The maximum Gasteiger partial charge on any atom is 0.206 e. The molecule has 1 aromatic heterocycles. The lowest BCUT2D eigenvalue weighted by Gasteiger charge is -2.04.